The smallest absolute Gasteiger partial charge is 0.265 e. The molecular formula is C35H57N5O6S. The van der Waals surface area contributed by atoms with Gasteiger partial charge in [-0.15, -0.1) is 11.3 Å². The van der Waals surface area contributed by atoms with E-state index >= 15 is 0 Å². The molecule has 2 aliphatic carbocycles. The van der Waals surface area contributed by atoms with E-state index in [-0.39, 0.29) is 47.9 Å². The van der Waals surface area contributed by atoms with Crippen LogP contribution in [0.15, 0.2) is 11.7 Å². The van der Waals surface area contributed by atoms with Gasteiger partial charge >= 0.3 is 0 Å². The molecule has 0 aromatic carbocycles. The molecule has 0 bridgehead atoms. The summed E-state index contributed by atoms with van der Waals surface area (Å²) in [4.78, 5) is 60.0. The standard InChI is InChI=1S/C27H40N4O4S.C8H15NO2.H2/c1-18(35-13-19-7-5-4-6-8-19)10-29-23(32)21-12-30(25(34)22-11-28-17-36-22)14-27(21)15-31(16-27)24(33)20-9-26(20,2)3;1-11-6-8-3-2-4-9(5-8)7-10;/h11,17-21H,4-10,12-16H2,1-3H3,(H,29,32);7-8H,2-6H2,1H3;1H/t18-,20-,21+;8-;/m10./s1. The number of likely N-dealkylation sites (tertiary alicyclic amines) is 3. The van der Waals surface area contributed by atoms with E-state index < -0.39 is 0 Å². The van der Waals surface area contributed by atoms with Crippen LogP contribution in [0.2, 0.25) is 0 Å². The Morgan fingerprint density at radius 3 is 2.38 bits per heavy atom. The van der Waals surface area contributed by atoms with Gasteiger partial charge in [-0.25, -0.2) is 0 Å². The number of piperidine rings is 1. The number of hydrogen-bond acceptors (Lipinski definition) is 8. The highest BCUT2D eigenvalue weighted by Gasteiger charge is 2.61. The lowest BCUT2D eigenvalue weighted by atomic mass is 9.71. The molecule has 0 unspecified atom stereocenters. The van der Waals surface area contributed by atoms with Crippen molar-refractivity contribution in [3.05, 3.63) is 16.6 Å². The maximum atomic E-state index is 13.4. The number of methoxy groups -OCH3 is 1. The number of carbonyl (C=O) groups is 4. The first kappa shape index (κ1) is 35.7. The van der Waals surface area contributed by atoms with Crippen molar-refractivity contribution in [1.82, 2.24) is 25.0 Å². The maximum absolute atomic E-state index is 13.4. The Labute approximate surface area is 285 Å². The third-order valence-corrected chi connectivity index (χ3v) is 11.8. The molecule has 264 valence electrons. The summed E-state index contributed by atoms with van der Waals surface area (Å²) in [5.41, 5.74) is 1.35. The van der Waals surface area contributed by atoms with Gasteiger partial charge in [-0.2, -0.15) is 0 Å². The fourth-order valence-corrected chi connectivity index (χ4v) is 8.49. The highest BCUT2D eigenvalue weighted by atomic mass is 32.1. The molecule has 1 aromatic heterocycles. The van der Waals surface area contributed by atoms with E-state index in [9.17, 15) is 19.2 Å². The Morgan fingerprint density at radius 1 is 1.04 bits per heavy atom. The van der Waals surface area contributed by atoms with Gasteiger partial charge in [0.15, 0.2) is 0 Å². The van der Waals surface area contributed by atoms with Crippen LogP contribution in [-0.2, 0) is 23.9 Å². The quantitative estimate of drug-likeness (QED) is 0.353. The summed E-state index contributed by atoms with van der Waals surface area (Å²) >= 11 is 1.32. The average Bonchev–Trinajstić information content (AvgIpc) is 3.42. The third-order valence-electron chi connectivity index (χ3n) is 11.0. The average molecular weight is 676 g/mol. The Kier molecular flexibility index (Phi) is 12.0. The predicted octanol–water partition coefficient (Wildman–Crippen LogP) is 3.94. The van der Waals surface area contributed by atoms with Gasteiger partial charge in [-0.05, 0) is 56.3 Å². The molecule has 3 aliphatic heterocycles. The van der Waals surface area contributed by atoms with Crippen LogP contribution in [0.1, 0.15) is 83.2 Å². The van der Waals surface area contributed by atoms with Crippen molar-refractivity contribution in [2.45, 2.75) is 78.2 Å². The minimum absolute atomic E-state index is 0. The molecule has 1 spiro atoms. The molecular weight excluding hydrogens is 618 g/mol. The van der Waals surface area contributed by atoms with Gasteiger partial charge in [-0.3, -0.25) is 24.2 Å². The molecule has 0 radical (unpaired) electrons. The minimum atomic E-state index is -0.384. The second-order valence-electron chi connectivity index (χ2n) is 15.4. The van der Waals surface area contributed by atoms with Gasteiger partial charge in [0, 0.05) is 72.3 Å². The first-order valence-electron chi connectivity index (χ1n) is 17.6. The Morgan fingerprint density at radius 2 is 1.74 bits per heavy atom. The van der Waals surface area contributed by atoms with Gasteiger partial charge in [0.05, 0.1) is 30.3 Å². The molecule has 5 fully saturated rings. The predicted molar refractivity (Wildman–Crippen MR) is 182 cm³/mol. The fourth-order valence-electron chi connectivity index (χ4n) is 7.91. The molecule has 4 heterocycles. The molecule has 6 rings (SSSR count). The summed E-state index contributed by atoms with van der Waals surface area (Å²) < 4.78 is 11.1. The highest BCUT2D eigenvalue weighted by molar-refractivity contribution is 7.11. The lowest BCUT2D eigenvalue weighted by Crippen LogP contribution is -2.64. The zero-order valence-corrected chi connectivity index (χ0v) is 29.6. The van der Waals surface area contributed by atoms with Crippen molar-refractivity contribution in [3.63, 3.8) is 0 Å². The summed E-state index contributed by atoms with van der Waals surface area (Å²) in [6, 6.07) is 0. The molecule has 1 N–H and O–H groups in total. The van der Waals surface area contributed by atoms with E-state index in [2.05, 4.69) is 24.1 Å². The van der Waals surface area contributed by atoms with Gasteiger partial charge in [-0.1, -0.05) is 33.1 Å². The van der Waals surface area contributed by atoms with Crippen molar-refractivity contribution in [3.8, 4) is 0 Å². The van der Waals surface area contributed by atoms with Crippen molar-refractivity contribution in [2.75, 3.05) is 66.1 Å². The Hall–Kier alpha value is -2.57. The number of rotatable bonds is 11. The zero-order chi connectivity index (χ0) is 33.6. The zero-order valence-electron chi connectivity index (χ0n) is 28.8. The summed E-state index contributed by atoms with van der Waals surface area (Å²) in [6.07, 6.45) is 12.1. The van der Waals surface area contributed by atoms with Gasteiger partial charge < -0.3 is 29.5 Å². The lowest BCUT2D eigenvalue weighted by Gasteiger charge is -2.50. The summed E-state index contributed by atoms with van der Waals surface area (Å²) in [6.45, 7) is 12.0. The second-order valence-corrected chi connectivity index (χ2v) is 16.2. The summed E-state index contributed by atoms with van der Waals surface area (Å²) in [5, 5.41) is 3.11. The van der Waals surface area contributed by atoms with Crippen LogP contribution in [0, 0.1) is 34.5 Å². The first-order valence-corrected chi connectivity index (χ1v) is 18.5. The molecule has 11 nitrogen and oxygen atoms in total. The topological polar surface area (TPSA) is 121 Å². The molecule has 12 heteroatoms. The molecule has 2 saturated carbocycles. The van der Waals surface area contributed by atoms with Crippen molar-refractivity contribution in [2.24, 2.45) is 34.5 Å². The van der Waals surface area contributed by atoms with E-state index in [1.54, 1.807) is 23.7 Å². The number of carbonyl (C=O) groups excluding carboxylic acids is 4. The van der Waals surface area contributed by atoms with Crippen molar-refractivity contribution >= 4 is 35.5 Å². The van der Waals surface area contributed by atoms with E-state index in [0.717, 1.165) is 45.6 Å². The Bertz CT molecular complexity index is 1220. The SMILES string of the molecule is COC[C@H]1CCCN(C=O)C1.C[C@H](CNC(=O)[C@@H]1CN(C(=O)c2cncs2)CC12CN(C(=O)[C@H]1CC1(C)C)C2)OCC1CCCCC1.[HH]. The monoisotopic (exact) mass is 675 g/mol. The van der Waals surface area contributed by atoms with E-state index in [1.807, 2.05) is 16.7 Å². The van der Waals surface area contributed by atoms with E-state index in [0.29, 0.717) is 49.4 Å². The molecule has 5 aliphatic rings. The van der Waals surface area contributed by atoms with Crippen LogP contribution >= 0.6 is 11.3 Å². The number of aromatic nitrogens is 1. The first-order chi connectivity index (χ1) is 22.5. The maximum Gasteiger partial charge on any atom is 0.265 e. The van der Waals surface area contributed by atoms with Gasteiger partial charge in [0.25, 0.3) is 5.91 Å². The van der Waals surface area contributed by atoms with Crippen LogP contribution in [0.4, 0.5) is 0 Å². The van der Waals surface area contributed by atoms with Crippen LogP contribution < -0.4 is 5.32 Å². The normalized spacial score (nSPS) is 27.0. The van der Waals surface area contributed by atoms with Gasteiger partial charge in [0.1, 0.15) is 4.88 Å². The number of ether oxygens (including phenoxy) is 2. The number of amides is 4. The molecule has 3 saturated heterocycles. The lowest BCUT2D eigenvalue weighted by molar-refractivity contribution is -0.151. The number of nitrogens with zero attached hydrogens (tertiary/aromatic N) is 4. The minimum Gasteiger partial charge on any atom is -0.384 e. The van der Waals surface area contributed by atoms with Crippen LogP contribution in [0.25, 0.3) is 0 Å². The summed E-state index contributed by atoms with van der Waals surface area (Å²) in [7, 11) is 1.71. The van der Waals surface area contributed by atoms with Crippen LogP contribution in [0.3, 0.4) is 0 Å². The largest absolute Gasteiger partial charge is 0.384 e. The number of nitrogens with one attached hydrogen (secondary N) is 1. The van der Waals surface area contributed by atoms with E-state index in [1.165, 1.54) is 49.9 Å². The van der Waals surface area contributed by atoms with Crippen molar-refractivity contribution in [1.29, 1.82) is 0 Å². The van der Waals surface area contributed by atoms with E-state index in [4.69, 9.17) is 9.47 Å². The van der Waals surface area contributed by atoms with Crippen LogP contribution in [0.5, 0.6) is 0 Å². The molecule has 4 atom stereocenters. The Balaban J connectivity index is 0.000000370. The molecule has 1 aromatic rings. The second kappa shape index (κ2) is 15.8. The molecule has 4 amide bonds. The number of thiazole rings is 1. The van der Waals surface area contributed by atoms with Crippen molar-refractivity contribution < 1.29 is 30.1 Å². The fraction of sp³-hybridized carbons (Fsp3) is 0.800. The third kappa shape index (κ3) is 8.92. The summed E-state index contributed by atoms with van der Waals surface area (Å²) in [5.74, 6) is 1.01. The highest BCUT2D eigenvalue weighted by Crippen LogP contribution is 2.54. The number of hydrogen-bond donors (Lipinski definition) is 1. The van der Waals surface area contributed by atoms with Gasteiger partial charge in [0.2, 0.25) is 18.2 Å². The molecule has 47 heavy (non-hydrogen) atoms. The van der Waals surface area contributed by atoms with Crippen LogP contribution in [-0.4, -0.2) is 116 Å².